The minimum absolute atomic E-state index is 0.241. The standard InChI is InChI=1S/C6H11Cl3/c1-2-5(7)3-4-6(8)9/h5-6H,2-4H2,1H3. The highest BCUT2D eigenvalue weighted by atomic mass is 35.5. The first kappa shape index (κ1) is 9.87. The first-order chi connectivity index (χ1) is 4.16. The molecule has 9 heavy (non-hydrogen) atoms. The van der Waals surface area contributed by atoms with Crippen molar-refractivity contribution < 1.29 is 0 Å². The molecule has 1 atom stereocenters. The molecule has 0 aromatic heterocycles. The number of rotatable bonds is 4. The summed E-state index contributed by atoms with van der Waals surface area (Å²) in [5.41, 5.74) is 0. The highest BCUT2D eigenvalue weighted by Gasteiger charge is 2.04. The minimum atomic E-state index is -0.252. The Morgan fingerprint density at radius 3 is 2.00 bits per heavy atom. The van der Waals surface area contributed by atoms with Crippen molar-refractivity contribution >= 4 is 34.8 Å². The van der Waals surface area contributed by atoms with Crippen LogP contribution in [-0.2, 0) is 0 Å². The summed E-state index contributed by atoms with van der Waals surface area (Å²) < 4.78 is 0. The van der Waals surface area contributed by atoms with E-state index in [1.807, 2.05) is 0 Å². The second kappa shape index (κ2) is 5.64. The molecule has 0 bridgehead atoms. The molecule has 0 fully saturated rings. The maximum Gasteiger partial charge on any atom is 0.107 e. The van der Waals surface area contributed by atoms with Gasteiger partial charge in [0.1, 0.15) is 4.84 Å². The van der Waals surface area contributed by atoms with Crippen molar-refractivity contribution in [3.8, 4) is 0 Å². The molecular weight excluding hydrogens is 178 g/mol. The largest absolute Gasteiger partial charge is 0.123 e. The molecule has 3 heteroatoms. The van der Waals surface area contributed by atoms with Crippen LogP contribution in [-0.4, -0.2) is 10.2 Å². The molecule has 0 nitrogen and oxygen atoms in total. The second-order valence-corrected chi connectivity index (χ2v) is 3.87. The number of alkyl halides is 3. The van der Waals surface area contributed by atoms with Crippen LogP contribution < -0.4 is 0 Å². The van der Waals surface area contributed by atoms with Crippen LogP contribution in [0.3, 0.4) is 0 Å². The molecule has 0 spiro atoms. The van der Waals surface area contributed by atoms with Crippen molar-refractivity contribution in [2.75, 3.05) is 0 Å². The van der Waals surface area contributed by atoms with Crippen molar-refractivity contribution in [3.05, 3.63) is 0 Å². The van der Waals surface area contributed by atoms with Gasteiger partial charge < -0.3 is 0 Å². The Kier molecular flexibility index (Phi) is 6.18. The molecule has 0 aliphatic rings. The van der Waals surface area contributed by atoms with Crippen LogP contribution in [0.5, 0.6) is 0 Å². The summed E-state index contributed by atoms with van der Waals surface area (Å²) in [6, 6.07) is 0. The minimum Gasteiger partial charge on any atom is -0.123 e. The van der Waals surface area contributed by atoms with Gasteiger partial charge in [0.2, 0.25) is 0 Å². The molecule has 0 rings (SSSR count). The predicted molar refractivity (Wildman–Crippen MR) is 44.7 cm³/mol. The summed E-state index contributed by atoms with van der Waals surface area (Å²) in [7, 11) is 0. The summed E-state index contributed by atoms with van der Waals surface area (Å²) in [5, 5.41) is 0.241. The lowest BCUT2D eigenvalue weighted by atomic mass is 10.2. The second-order valence-electron chi connectivity index (χ2n) is 1.97. The van der Waals surface area contributed by atoms with Gasteiger partial charge >= 0.3 is 0 Å². The molecule has 0 N–H and O–H groups in total. The van der Waals surface area contributed by atoms with Gasteiger partial charge in [-0.1, -0.05) is 6.92 Å². The molecular formula is C6H11Cl3. The number of hydrogen-bond donors (Lipinski definition) is 0. The average Bonchev–Trinajstić information content (AvgIpc) is 1.83. The summed E-state index contributed by atoms with van der Waals surface area (Å²) >= 11 is 16.8. The monoisotopic (exact) mass is 188 g/mol. The highest BCUT2D eigenvalue weighted by molar-refractivity contribution is 6.44. The van der Waals surface area contributed by atoms with Gasteiger partial charge in [-0.25, -0.2) is 0 Å². The van der Waals surface area contributed by atoms with Gasteiger partial charge in [-0.15, -0.1) is 34.8 Å². The summed E-state index contributed by atoms with van der Waals surface area (Å²) in [6.45, 7) is 2.05. The van der Waals surface area contributed by atoms with Gasteiger partial charge in [0.05, 0.1) is 0 Å². The van der Waals surface area contributed by atoms with E-state index in [0.717, 1.165) is 19.3 Å². The Morgan fingerprint density at radius 2 is 1.67 bits per heavy atom. The van der Waals surface area contributed by atoms with Crippen LogP contribution in [0.25, 0.3) is 0 Å². The van der Waals surface area contributed by atoms with Crippen LogP contribution in [0.2, 0.25) is 0 Å². The third-order valence-corrected chi connectivity index (χ3v) is 2.10. The van der Waals surface area contributed by atoms with Crippen LogP contribution in [0.1, 0.15) is 26.2 Å². The molecule has 0 aliphatic heterocycles. The third kappa shape index (κ3) is 6.76. The SMILES string of the molecule is CCC(Cl)CCC(Cl)Cl. The lowest BCUT2D eigenvalue weighted by molar-refractivity contribution is 0.701. The van der Waals surface area contributed by atoms with Crippen LogP contribution in [0.4, 0.5) is 0 Å². The van der Waals surface area contributed by atoms with Crippen molar-refractivity contribution in [2.45, 2.75) is 36.4 Å². The normalized spacial score (nSPS) is 14.3. The molecule has 0 heterocycles. The lowest BCUT2D eigenvalue weighted by Crippen LogP contribution is -1.98. The zero-order chi connectivity index (χ0) is 7.28. The van der Waals surface area contributed by atoms with Gasteiger partial charge in [-0.2, -0.15) is 0 Å². The number of halogens is 3. The molecule has 0 saturated heterocycles. The van der Waals surface area contributed by atoms with Crippen molar-refractivity contribution in [3.63, 3.8) is 0 Å². The lowest BCUT2D eigenvalue weighted by Gasteiger charge is -2.04. The van der Waals surface area contributed by atoms with Gasteiger partial charge in [0.15, 0.2) is 0 Å². The highest BCUT2D eigenvalue weighted by Crippen LogP contribution is 2.15. The van der Waals surface area contributed by atoms with Gasteiger partial charge in [-0.3, -0.25) is 0 Å². The van der Waals surface area contributed by atoms with Crippen molar-refractivity contribution in [1.82, 2.24) is 0 Å². The average molecular weight is 190 g/mol. The molecule has 56 valence electrons. The molecule has 1 unspecified atom stereocenters. The van der Waals surface area contributed by atoms with E-state index in [1.54, 1.807) is 0 Å². The van der Waals surface area contributed by atoms with Crippen molar-refractivity contribution in [2.24, 2.45) is 0 Å². The first-order valence-electron chi connectivity index (χ1n) is 3.09. The van der Waals surface area contributed by atoms with E-state index in [0.29, 0.717) is 0 Å². The fraction of sp³-hybridized carbons (Fsp3) is 1.00. The predicted octanol–water partition coefficient (Wildman–Crippen LogP) is 3.59. The Balaban J connectivity index is 3.06. The molecule has 0 aromatic carbocycles. The van der Waals surface area contributed by atoms with Crippen LogP contribution in [0, 0.1) is 0 Å². The number of hydrogen-bond acceptors (Lipinski definition) is 0. The van der Waals surface area contributed by atoms with E-state index in [-0.39, 0.29) is 10.2 Å². The quantitative estimate of drug-likeness (QED) is 0.593. The molecule has 0 aromatic rings. The maximum atomic E-state index is 5.79. The molecule has 0 saturated carbocycles. The van der Waals surface area contributed by atoms with E-state index in [2.05, 4.69) is 6.92 Å². The van der Waals surface area contributed by atoms with E-state index < -0.39 is 0 Å². The summed E-state index contributed by atoms with van der Waals surface area (Å²) in [5.74, 6) is 0. The Labute approximate surface area is 71.5 Å². The van der Waals surface area contributed by atoms with E-state index in [4.69, 9.17) is 34.8 Å². The van der Waals surface area contributed by atoms with E-state index in [1.165, 1.54) is 0 Å². The van der Waals surface area contributed by atoms with Crippen LogP contribution >= 0.6 is 34.8 Å². The fourth-order valence-electron chi connectivity index (χ4n) is 0.511. The smallest absolute Gasteiger partial charge is 0.107 e. The molecule has 0 aliphatic carbocycles. The maximum absolute atomic E-state index is 5.79. The Bertz CT molecular complexity index is 63.3. The third-order valence-electron chi connectivity index (χ3n) is 1.14. The summed E-state index contributed by atoms with van der Waals surface area (Å²) in [4.78, 5) is -0.252. The Hall–Kier alpha value is 0.870. The van der Waals surface area contributed by atoms with Gasteiger partial charge in [0.25, 0.3) is 0 Å². The Morgan fingerprint density at radius 1 is 1.11 bits per heavy atom. The van der Waals surface area contributed by atoms with E-state index >= 15 is 0 Å². The zero-order valence-corrected chi connectivity index (χ0v) is 7.68. The van der Waals surface area contributed by atoms with Gasteiger partial charge in [0, 0.05) is 5.38 Å². The summed E-state index contributed by atoms with van der Waals surface area (Å²) in [6.07, 6.45) is 2.70. The molecule has 0 amide bonds. The van der Waals surface area contributed by atoms with Crippen LogP contribution in [0.15, 0.2) is 0 Å². The topological polar surface area (TPSA) is 0 Å². The van der Waals surface area contributed by atoms with Gasteiger partial charge in [-0.05, 0) is 19.3 Å². The molecule has 0 radical (unpaired) electrons. The first-order valence-corrected chi connectivity index (χ1v) is 4.40. The fourth-order valence-corrected chi connectivity index (χ4v) is 0.889. The zero-order valence-electron chi connectivity index (χ0n) is 5.41. The van der Waals surface area contributed by atoms with E-state index in [9.17, 15) is 0 Å². The van der Waals surface area contributed by atoms with Crippen molar-refractivity contribution in [1.29, 1.82) is 0 Å².